The lowest BCUT2D eigenvalue weighted by Crippen LogP contribution is -2.53. The minimum Gasteiger partial charge on any atom is -0.451 e. The highest BCUT2D eigenvalue weighted by Crippen LogP contribution is 2.61. The molecule has 1 saturated heterocycles. The van der Waals surface area contributed by atoms with Gasteiger partial charge in [0.15, 0.2) is 5.78 Å². The molecule has 1 N–H and O–H groups in total. The zero-order chi connectivity index (χ0) is 21.3. The number of hydrogen-bond donors (Lipinski definition) is 1. The molecule has 2 heterocycles. The molecule has 1 saturated carbocycles. The molecule has 4 rings (SSSR count). The van der Waals surface area contributed by atoms with Crippen molar-refractivity contribution in [3.8, 4) is 0 Å². The molecule has 0 aromatic heterocycles. The molecular formula is C23H31NO5. The second-order valence-electron chi connectivity index (χ2n) is 10.1. The smallest absolute Gasteiger partial charge is 0.336 e. The molecule has 2 aliphatic heterocycles. The van der Waals surface area contributed by atoms with Crippen LogP contribution in [-0.4, -0.2) is 35.1 Å². The van der Waals surface area contributed by atoms with Crippen LogP contribution in [0, 0.1) is 29.1 Å². The van der Waals surface area contributed by atoms with Gasteiger partial charge < -0.3 is 10.1 Å². The van der Waals surface area contributed by atoms with Crippen LogP contribution in [0.25, 0.3) is 0 Å². The van der Waals surface area contributed by atoms with Crippen LogP contribution in [0.5, 0.6) is 0 Å². The van der Waals surface area contributed by atoms with Gasteiger partial charge in [-0.2, -0.15) is 0 Å². The molecule has 29 heavy (non-hydrogen) atoms. The van der Waals surface area contributed by atoms with Crippen molar-refractivity contribution in [2.24, 2.45) is 29.1 Å². The summed E-state index contributed by atoms with van der Waals surface area (Å²) in [6.45, 7) is 9.29. The Morgan fingerprint density at radius 3 is 2.55 bits per heavy atom. The summed E-state index contributed by atoms with van der Waals surface area (Å²) in [5.41, 5.74) is -1.20. The lowest BCUT2D eigenvalue weighted by Gasteiger charge is -2.44. The topological polar surface area (TPSA) is 89.5 Å². The summed E-state index contributed by atoms with van der Waals surface area (Å²) in [6.07, 6.45) is 3.33. The molecule has 3 unspecified atom stereocenters. The predicted octanol–water partition coefficient (Wildman–Crippen LogP) is 2.74. The highest BCUT2D eigenvalue weighted by molar-refractivity contribution is 6.20. The molecule has 2 aliphatic carbocycles. The fourth-order valence-corrected chi connectivity index (χ4v) is 6.55. The Morgan fingerprint density at radius 1 is 1.24 bits per heavy atom. The number of ketones is 2. The number of carbonyl (C=O) groups excluding carboxylic acids is 4. The van der Waals surface area contributed by atoms with Crippen LogP contribution in [0.3, 0.4) is 0 Å². The van der Waals surface area contributed by atoms with E-state index >= 15 is 0 Å². The largest absolute Gasteiger partial charge is 0.451 e. The van der Waals surface area contributed by atoms with E-state index in [9.17, 15) is 19.2 Å². The molecule has 0 bridgehead atoms. The maximum atomic E-state index is 13.7. The van der Waals surface area contributed by atoms with Gasteiger partial charge in [0.1, 0.15) is 16.8 Å². The van der Waals surface area contributed by atoms with Crippen LogP contribution in [0.15, 0.2) is 11.1 Å². The number of esters is 1. The maximum Gasteiger partial charge on any atom is 0.336 e. The molecule has 0 aromatic carbocycles. The van der Waals surface area contributed by atoms with Gasteiger partial charge in [-0.25, -0.2) is 4.79 Å². The summed E-state index contributed by atoms with van der Waals surface area (Å²) < 4.78 is 5.82. The van der Waals surface area contributed by atoms with Gasteiger partial charge >= 0.3 is 5.97 Å². The van der Waals surface area contributed by atoms with Crippen LogP contribution < -0.4 is 5.32 Å². The Morgan fingerprint density at radius 2 is 1.93 bits per heavy atom. The van der Waals surface area contributed by atoms with Gasteiger partial charge in [-0.15, -0.1) is 0 Å². The van der Waals surface area contributed by atoms with Crippen molar-refractivity contribution in [1.82, 2.24) is 5.32 Å². The van der Waals surface area contributed by atoms with Gasteiger partial charge in [-0.05, 0) is 56.9 Å². The summed E-state index contributed by atoms with van der Waals surface area (Å²) in [5.74, 6) is -2.10. The number of ether oxygens (including phenoxy) is 1. The summed E-state index contributed by atoms with van der Waals surface area (Å²) in [7, 11) is 0. The van der Waals surface area contributed by atoms with Crippen molar-refractivity contribution in [2.45, 2.75) is 78.4 Å². The van der Waals surface area contributed by atoms with Crippen LogP contribution in [0.4, 0.5) is 0 Å². The standard InChI is InChI=1S/C23H31NO5/c1-11(2)9-15-17(12(3)13(4)25)23(21(28)24-15)16(26)10-14-7-6-8-22(5)18(14)19(23)20(27)29-22/h11-12,14-15,17H,6-10H2,1-5H3,(H,24,28)/t12-,14?,15-,17?,22-,23?/m1/s1. The van der Waals surface area contributed by atoms with E-state index in [4.69, 9.17) is 4.74 Å². The third kappa shape index (κ3) is 2.60. The molecule has 1 spiro atoms. The highest BCUT2D eigenvalue weighted by atomic mass is 16.6. The maximum absolute atomic E-state index is 13.7. The number of fused-ring (bicyclic) bond motifs is 1. The summed E-state index contributed by atoms with van der Waals surface area (Å²) in [4.78, 5) is 52.8. The molecule has 6 atom stereocenters. The van der Waals surface area contributed by atoms with Gasteiger partial charge in [0.2, 0.25) is 5.91 Å². The van der Waals surface area contributed by atoms with Gasteiger partial charge in [0.25, 0.3) is 0 Å². The van der Waals surface area contributed by atoms with E-state index in [1.54, 1.807) is 6.92 Å². The minimum atomic E-state index is -1.59. The van der Waals surface area contributed by atoms with E-state index in [1.165, 1.54) is 6.92 Å². The Balaban J connectivity index is 1.97. The van der Waals surface area contributed by atoms with Crippen molar-refractivity contribution < 1.29 is 23.9 Å². The predicted molar refractivity (Wildman–Crippen MR) is 106 cm³/mol. The molecule has 158 valence electrons. The summed E-state index contributed by atoms with van der Waals surface area (Å²) in [5, 5.41) is 3.02. The Labute approximate surface area is 171 Å². The van der Waals surface area contributed by atoms with Gasteiger partial charge in [0, 0.05) is 24.3 Å². The zero-order valence-electron chi connectivity index (χ0n) is 18.0. The Kier molecular flexibility index (Phi) is 4.56. The molecule has 6 nitrogen and oxygen atoms in total. The molecular weight excluding hydrogens is 370 g/mol. The first-order valence-corrected chi connectivity index (χ1v) is 10.9. The molecule has 2 fully saturated rings. The number of nitrogens with one attached hydrogen (secondary N) is 1. The van der Waals surface area contributed by atoms with E-state index < -0.39 is 34.7 Å². The normalized spacial score (nSPS) is 39.7. The van der Waals surface area contributed by atoms with E-state index in [-0.39, 0.29) is 41.4 Å². The number of rotatable bonds is 4. The Hall–Kier alpha value is -1.98. The van der Waals surface area contributed by atoms with Crippen LogP contribution >= 0.6 is 0 Å². The van der Waals surface area contributed by atoms with E-state index in [1.807, 2.05) is 6.92 Å². The lowest BCUT2D eigenvalue weighted by atomic mass is 9.54. The third-order valence-corrected chi connectivity index (χ3v) is 7.76. The van der Waals surface area contributed by atoms with Crippen molar-refractivity contribution >= 4 is 23.4 Å². The van der Waals surface area contributed by atoms with Crippen LogP contribution in [0.2, 0.25) is 0 Å². The number of carbonyl (C=O) groups is 4. The number of Topliss-reactive ketones (excluding diaryl/α,β-unsaturated/α-hetero) is 2. The first-order chi connectivity index (χ1) is 13.5. The monoisotopic (exact) mass is 401 g/mol. The van der Waals surface area contributed by atoms with E-state index in [0.29, 0.717) is 12.8 Å². The first kappa shape index (κ1) is 20.3. The fraction of sp³-hybridized carbons (Fsp3) is 0.739. The summed E-state index contributed by atoms with van der Waals surface area (Å²) >= 11 is 0. The molecule has 0 radical (unpaired) electrons. The second kappa shape index (κ2) is 6.51. The molecule has 6 heteroatoms. The van der Waals surface area contributed by atoms with Crippen molar-refractivity contribution in [1.29, 1.82) is 0 Å². The van der Waals surface area contributed by atoms with Crippen LogP contribution in [-0.2, 0) is 23.9 Å². The second-order valence-corrected chi connectivity index (χ2v) is 10.1. The zero-order valence-corrected chi connectivity index (χ0v) is 18.0. The minimum absolute atomic E-state index is 0.0430. The third-order valence-electron chi connectivity index (χ3n) is 7.76. The molecule has 1 amide bonds. The first-order valence-electron chi connectivity index (χ1n) is 10.9. The SMILES string of the molecule is CC(=O)[C@@H](C)C1[C@@H](CC(C)C)NC(=O)C12C(=O)CC1CCC[C@@]3(C)OC(=O)C2=C13. The van der Waals surface area contributed by atoms with Crippen LogP contribution in [0.1, 0.15) is 66.7 Å². The quantitative estimate of drug-likeness (QED) is 0.578. The molecule has 4 aliphatic rings. The molecule has 0 aromatic rings. The summed E-state index contributed by atoms with van der Waals surface area (Å²) in [6, 6.07) is -0.321. The van der Waals surface area contributed by atoms with Crippen molar-refractivity contribution in [3.63, 3.8) is 0 Å². The van der Waals surface area contributed by atoms with Gasteiger partial charge in [-0.3, -0.25) is 14.4 Å². The average molecular weight is 402 g/mol. The van der Waals surface area contributed by atoms with Crippen molar-refractivity contribution in [2.75, 3.05) is 0 Å². The van der Waals surface area contributed by atoms with E-state index in [2.05, 4.69) is 19.2 Å². The van der Waals surface area contributed by atoms with Gasteiger partial charge in [-0.1, -0.05) is 20.8 Å². The van der Waals surface area contributed by atoms with Gasteiger partial charge in [0.05, 0.1) is 5.57 Å². The average Bonchev–Trinajstić information content (AvgIpc) is 3.03. The highest BCUT2D eigenvalue weighted by Gasteiger charge is 2.71. The fourth-order valence-electron chi connectivity index (χ4n) is 6.55. The van der Waals surface area contributed by atoms with E-state index in [0.717, 1.165) is 18.4 Å². The van der Waals surface area contributed by atoms with Crippen molar-refractivity contribution in [3.05, 3.63) is 11.1 Å². The Bertz CT molecular complexity index is 842. The number of amides is 1. The lowest BCUT2D eigenvalue weighted by molar-refractivity contribution is -0.151. The number of hydrogen-bond acceptors (Lipinski definition) is 5.